The molecule has 0 amide bonds. The average Bonchev–Trinajstić information content (AvgIpc) is 2.76. The van der Waals surface area contributed by atoms with Gasteiger partial charge in [0.2, 0.25) is 0 Å². The average molecular weight is 236 g/mol. The summed E-state index contributed by atoms with van der Waals surface area (Å²) in [6.45, 7) is 0.215. The first-order valence-corrected chi connectivity index (χ1v) is 6.37. The van der Waals surface area contributed by atoms with E-state index in [0.29, 0.717) is 0 Å². The van der Waals surface area contributed by atoms with Crippen LogP contribution in [0, 0.1) is 0 Å². The first kappa shape index (κ1) is 11.2. The summed E-state index contributed by atoms with van der Waals surface area (Å²) < 4.78 is 0. The molecule has 0 radical (unpaired) electrons. The maximum Gasteiger partial charge on any atom is 0.0465 e. The highest BCUT2D eigenvalue weighted by molar-refractivity contribution is 5.78. The second-order valence-corrected chi connectivity index (χ2v) is 4.67. The summed E-state index contributed by atoms with van der Waals surface area (Å²) in [6.07, 6.45) is 5.85. The summed E-state index contributed by atoms with van der Waals surface area (Å²) in [5.74, 6) is 0. The minimum atomic E-state index is 0.215. The minimum absolute atomic E-state index is 0.215. The molecule has 0 saturated carbocycles. The molecule has 0 bridgehead atoms. The first-order valence-electron chi connectivity index (χ1n) is 6.37. The van der Waals surface area contributed by atoms with Crippen LogP contribution in [-0.2, 0) is 6.42 Å². The number of aliphatic hydroxyl groups excluding tert-OH is 1. The molecule has 0 fully saturated rings. The Morgan fingerprint density at radius 3 is 2.72 bits per heavy atom. The fraction of sp³-hybridized carbons (Fsp3) is 0.176. The van der Waals surface area contributed by atoms with Gasteiger partial charge in [-0.3, -0.25) is 0 Å². The first-order chi connectivity index (χ1) is 8.88. The second-order valence-electron chi connectivity index (χ2n) is 4.67. The quantitative estimate of drug-likeness (QED) is 0.736. The SMILES string of the molecule is OCCC=Cc1ccc2c(c1)Cc1ccccc1-2. The monoisotopic (exact) mass is 236 g/mol. The van der Waals surface area contributed by atoms with E-state index in [1.54, 1.807) is 0 Å². The third-order valence-corrected chi connectivity index (χ3v) is 3.42. The molecule has 0 atom stereocenters. The highest BCUT2D eigenvalue weighted by Gasteiger charge is 2.17. The molecule has 3 rings (SSSR count). The van der Waals surface area contributed by atoms with Gasteiger partial charge in [0.25, 0.3) is 0 Å². The Labute approximate surface area is 107 Å². The fourth-order valence-electron chi connectivity index (χ4n) is 2.56. The van der Waals surface area contributed by atoms with Gasteiger partial charge in [0.15, 0.2) is 0 Å². The van der Waals surface area contributed by atoms with Gasteiger partial charge in [-0.2, -0.15) is 0 Å². The van der Waals surface area contributed by atoms with Crippen molar-refractivity contribution < 1.29 is 5.11 Å². The predicted octanol–water partition coefficient (Wildman–Crippen LogP) is 3.65. The van der Waals surface area contributed by atoms with E-state index in [9.17, 15) is 0 Å². The van der Waals surface area contributed by atoms with E-state index in [0.717, 1.165) is 12.8 Å². The largest absolute Gasteiger partial charge is 0.396 e. The van der Waals surface area contributed by atoms with Gasteiger partial charge < -0.3 is 5.11 Å². The third-order valence-electron chi connectivity index (χ3n) is 3.42. The summed E-state index contributed by atoms with van der Waals surface area (Å²) in [5, 5.41) is 8.77. The molecule has 2 aromatic carbocycles. The zero-order chi connectivity index (χ0) is 12.4. The van der Waals surface area contributed by atoms with Crippen molar-refractivity contribution in [1.29, 1.82) is 0 Å². The van der Waals surface area contributed by atoms with Gasteiger partial charge in [-0.05, 0) is 40.7 Å². The molecule has 0 spiro atoms. The molecule has 1 aliphatic rings. The Balaban J connectivity index is 1.93. The molecule has 1 aliphatic carbocycles. The Morgan fingerprint density at radius 1 is 1.00 bits per heavy atom. The second kappa shape index (κ2) is 4.79. The molecule has 0 saturated heterocycles. The van der Waals surface area contributed by atoms with Crippen LogP contribution < -0.4 is 0 Å². The smallest absolute Gasteiger partial charge is 0.0465 e. The lowest BCUT2D eigenvalue weighted by atomic mass is 10.0. The summed E-state index contributed by atoms with van der Waals surface area (Å²) in [5.41, 5.74) is 6.78. The van der Waals surface area contributed by atoms with Crippen molar-refractivity contribution in [2.75, 3.05) is 6.61 Å². The summed E-state index contributed by atoms with van der Waals surface area (Å²) in [4.78, 5) is 0. The third kappa shape index (κ3) is 1.98. The van der Waals surface area contributed by atoms with Crippen LogP contribution in [0.4, 0.5) is 0 Å². The van der Waals surface area contributed by atoms with Crippen LogP contribution in [0.25, 0.3) is 17.2 Å². The number of aliphatic hydroxyl groups is 1. The van der Waals surface area contributed by atoms with E-state index in [1.165, 1.54) is 27.8 Å². The van der Waals surface area contributed by atoms with Gasteiger partial charge in [-0.1, -0.05) is 54.6 Å². The van der Waals surface area contributed by atoms with E-state index in [1.807, 2.05) is 6.08 Å². The van der Waals surface area contributed by atoms with Crippen LogP contribution >= 0.6 is 0 Å². The lowest BCUT2D eigenvalue weighted by Crippen LogP contribution is -1.82. The van der Waals surface area contributed by atoms with Gasteiger partial charge in [0.1, 0.15) is 0 Å². The number of hydrogen-bond donors (Lipinski definition) is 1. The van der Waals surface area contributed by atoms with Crippen molar-refractivity contribution >= 4 is 6.08 Å². The molecule has 0 aromatic heterocycles. The van der Waals surface area contributed by atoms with Crippen LogP contribution in [0.5, 0.6) is 0 Å². The molecule has 90 valence electrons. The zero-order valence-corrected chi connectivity index (χ0v) is 10.3. The van der Waals surface area contributed by atoms with E-state index < -0.39 is 0 Å². The molecule has 2 aromatic rings. The van der Waals surface area contributed by atoms with Gasteiger partial charge in [-0.15, -0.1) is 0 Å². The van der Waals surface area contributed by atoms with Crippen molar-refractivity contribution in [3.63, 3.8) is 0 Å². The highest BCUT2D eigenvalue weighted by atomic mass is 16.2. The Morgan fingerprint density at radius 2 is 1.83 bits per heavy atom. The molecule has 18 heavy (non-hydrogen) atoms. The molecule has 1 heteroatoms. The molecule has 0 aliphatic heterocycles. The van der Waals surface area contributed by atoms with E-state index >= 15 is 0 Å². The maximum absolute atomic E-state index is 8.77. The lowest BCUT2D eigenvalue weighted by Gasteiger charge is -2.01. The Kier molecular flexibility index (Phi) is 2.99. The molecule has 0 heterocycles. The van der Waals surface area contributed by atoms with Crippen molar-refractivity contribution in [3.8, 4) is 11.1 Å². The number of rotatable bonds is 3. The zero-order valence-electron chi connectivity index (χ0n) is 10.3. The lowest BCUT2D eigenvalue weighted by molar-refractivity contribution is 0.303. The van der Waals surface area contributed by atoms with Crippen molar-refractivity contribution in [2.45, 2.75) is 12.8 Å². The van der Waals surface area contributed by atoms with Gasteiger partial charge in [-0.25, -0.2) is 0 Å². The predicted molar refractivity (Wildman–Crippen MR) is 75.4 cm³/mol. The van der Waals surface area contributed by atoms with Crippen LogP contribution in [0.3, 0.4) is 0 Å². The summed E-state index contributed by atoms with van der Waals surface area (Å²) in [7, 11) is 0. The summed E-state index contributed by atoms with van der Waals surface area (Å²) in [6, 6.07) is 15.2. The number of hydrogen-bond acceptors (Lipinski definition) is 1. The number of fused-ring (bicyclic) bond motifs is 3. The van der Waals surface area contributed by atoms with Crippen LogP contribution in [0.2, 0.25) is 0 Å². The van der Waals surface area contributed by atoms with Crippen LogP contribution in [-0.4, -0.2) is 11.7 Å². The van der Waals surface area contributed by atoms with E-state index in [-0.39, 0.29) is 6.61 Å². The van der Waals surface area contributed by atoms with Crippen LogP contribution in [0.15, 0.2) is 48.5 Å². The molecule has 1 N–H and O–H groups in total. The normalized spacial score (nSPS) is 12.7. The standard InChI is InChI=1S/C17H16O/c18-10-4-3-5-13-8-9-17-15(11-13)12-14-6-1-2-7-16(14)17/h1-3,5-9,11,18H,4,10,12H2. The minimum Gasteiger partial charge on any atom is -0.396 e. The van der Waals surface area contributed by atoms with Crippen molar-refractivity contribution in [1.82, 2.24) is 0 Å². The van der Waals surface area contributed by atoms with Gasteiger partial charge in [0.05, 0.1) is 0 Å². The molecule has 1 nitrogen and oxygen atoms in total. The highest BCUT2D eigenvalue weighted by Crippen LogP contribution is 2.36. The molecule has 0 unspecified atom stereocenters. The van der Waals surface area contributed by atoms with Crippen molar-refractivity contribution in [3.05, 3.63) is 65.2 Å². The van der Waals surface area contributed by atoms with Gasteiger partial charge in [0, 0.05) is 6.61 Å². The summed E-state index contributed by atoms with van der Waals surface area (Å²) >= 11 is 0. The fourth-order valence-corrected chi connectivity index (χ4v) is 2.56. The van der Waals surface area contributed by atoms with Gasteiger partial charge >= 0.3 is 0 Å². The molecular formula is C17H16O. The van der Waals surface area contributed by atoms with Crippen LogP contribution in [0.1, 0.15) is 23.1 Å². The Bertz CT molecular complexity index is 596. The number of benzene rings is 2. The Hall–Kier alpha value is -1.86. The topological polar surface area (TPSA) is 20.2 Å². The molecular weight excluding hydrogens is 220 g/mol. The van der Waals surface area contributed by atoms with Crippen molar-refractivity contribution in [2.24, 2.45) is 0 Å². The maximum atomic E-state index is 8.77. The van der Waals surface area contributed by atoms with E-state index in [4.69, 9.17) is 5.11 Å². The van der Waals surface area contributed by atoms with E-state index in [2.05, 4.69) is 48.5 Å².